The van der Waals surface area contributed by atoms with Crippen molar-refractivity contribution in [3.63, 3.8) is 0 Å². The van der Waals surface area contributed by atoms with Crippen molar-refractivity contribution in [2.24, 2.45) is 0 Å². The highest BCUT2D eigenvalue weighted by Crippen LogP contribution is 2.23. The zero-order valence-corrected chi connectivity index (χ0v) is 18.2. The van der Waals surface area contributed by atoms with Gasteiger partial charge in [0, 0.05) is 17.6 Å². The fraction of sp³-hybridized carbons (Fsp3) is 0.364. The summed E-state index contributed by atoms with van der Waals surface area (Å²) in [6, 6.07) is 13.2. The average Bonchev–Trinajstić information content (AvgIpc) is 3.19. The summed E-state index contributed by atoms with van der Waals surface area (Å²) in [7, 11) is 2.83. The lowest BCUT2D eigenvalue weighted by Crippen LogP contribution is -2.42. The first kappa shape index (κ1) is 21.3. The van der Waals surface area contributed by atoms with E-state index in [9.17, 15) is 9.59 Å². The van der Waals surface area contributed by atoms with Crippen LogP contribution in [0.25, 0.3) is 0 Å². The molecule has 0 saturated carbocycles. The van der Waals surface area contributed by atoms with Crippen molar-refractivity contribution >= 4 is 27.8 Å². The Labute approximate surface area is 179 Å². The molecule has 3 rings (SSSR count). The van der Waals surface area contributed by atoms with E-state index >= 15 is 0 Å². The van der Waals surface area contributed by atoms with Crippen molar-refractivity contribution in [2.45, 2.75) is 32.0 Å². The number of carbonyl (C=O) groups excluding carboxylic acids is 2. The molecule has 6 nitrogen and oxygen atoms in total. The van der Waals surface area contributed by atoms with E-state index in [1.807, 2.05) is 12.1 Å². The third-order valence-electron chi connectivity index (χ3n) is 5.08. The molecule has 0 unspecified atom stereocenters. The predicted octanol–water partition coefficient (Wildman–Crippen LogP) is 3.53. The highest BCUT2D eigenvalue weighted by Gasteiger charge is 2.30. The molecule has 1 fully saturated rings. The van der Waals surface area contributed by atoms with E-state index < -0.39 is 5.97 Å². The van der Waals surface area contributed by atoms with Gasteiger partial charge in [0.2, 0.25) is 5.91 Å². The standard InChI is InChI=1S/C22H25BrN2O4/c1-28-20-12-15(8-9-18(20)22(27)29-2)13-24-21(26)19-7-4-10-25(19)14-16-5-3-6-17(23)11-16/h3,5-6,8-9,11-12,19H,4,7,10,13-14H2,1-2H3,(H,24,26)/t19-/m1/s1. The summed E-state index contributed by atoms with van der Waals surface area (Å²) < 4.78 is 11.1. The number of nitrogens with one attached hydrogen (secondary N) is 1. The Hall–Kier alpha value is -2.38. The van der Waals surface area contributed by atoms with Gasteiger partial charge in [-0.05, 0) is 54.8 Å². The third kappa shape index (κ3) is 5.36. The Morgan fingerprint density at radius 1 is 1.17 bits per heavy atom. The molecule has 7 heteroatoms. The molecule has 2 aromatic carbocycles. The molecular weight excluding hydrogens is 436 g/mol. The van der Waals surface area contributed by atoms with Crippen LogP contribution >= 0.6 is 15.9 Å². The highest BCUT2D eigenvalue weighted by molar-refractivity contribution is 9.10. The second-order valence-electron chi connectivity index (χ2n) is 7.00. The maximum atomic E-state index is 12.8. The van der Waals surface area contributed by atoms with Crippen LogP contribution in [-0.4, -0.2) is 43.6 Å². The third-order valence-corrected chi connectivity index (χ3v) is 5.57. The minimum atomic E-state index is -0.452. The molecule has 1 heterocycles. The van der Waals surface area contributed by atoms with Crippen molar-refractivity contribution in [1.29, 1.82) is 0 Å². The summed E-state index contributed by atoms with van der Waals surface area (Å²) in [6.45, 7) is 2.03. The van der Waals surface area contributed by atoms with Gasteiger partial charge in [-0.1, -0.05) is 34.1 Å². The van der Waals surface area contributed by atoms with Crippen molar-refractivity contribution in [2.75, 3.05) is 20.8 Å². The van der Waals surface area contributed by atoms with Crippen LogP contribution in [0.2, 0.25) is 0 Å². The quantitative estimate of drug-likeness (QED) is 0.640. The zero-order valence-electron chi connectivity index (χ0n) is 16.6. The van der Waals surface area contributed by atoms with Crippen LogP contribution in [0.4, 0.5) is 0 Å². The van der Waals surface area contributed by atoms with E-state index in [2.05, 4.69) is 38.3 Å². The number of ether oxygens (including phenoxy) is 2. The van der Waals surface area contributed by atoms with Gasteiger partial charge in [-0.2, -0.15) is 0 Å². The number of halogens is 1. The average molecular weight is 461 g/mol. The van der Waals surface area contributed by atoms with E-state index in [-0.39, 0.29) is 11.9 Å². The molecule has 1 atom stereocenters. The van der Waals surface area contributed by atoms with Crippen LogP contribution in [-0.2, 0) is 22.6 Å². The summed E-state index contributed by atoms with van der Waals surface area (Å²) >= 11 is 3.50. The SMILES string of the molecule is COC(=O)c1ccc(CNC(=O)[C@H]2CCCN2Cc2cccc(Br)c2)cc1OC. The number of hydrogen-bond donors (Lipinski definition) is 1. The molecule has 0 aromatic heterocycles. The molecule has 1 saturated heterocycles. The van der Waals surface area contributed by atoms with Gasteiger partial charge < -0.3 is 14.8 Å². The maximum Gasteiger partial charge on any atom is 0.341 e. The lowest BCUT2D eigenvalue weighted by Gasteiger charge is -2.24. The number of rotatable bonds is 7. The zero-order chi connectivity index (χ0) is 20.8. The van der Waals surface area contributed by atoms with Crippen LogP contribution in [0.3, 0.4) is 0 Å². The molecule has 0 radical (unpaired) electrons. The number of nitrogens with zero attached hydrogens (tertiary/aromatic N) is 1. The molecule has 0 aliphatic carbocycles. The highest BCUT2D eigenvalue weighted by atomic mass is 79.9. The molecule has 154 valence electrons. The van der Waals surface area contributed by atoms with Crippen LogP contribution in [0.1, 0.15) is 34.3 Å². The van der Waals surface area contributed by atoms with Gasteiger partial charge in [0.1, 0.15) is 11.3 Å². The molecule has 2 aromatic rings. The topological polar surface area (TPSA) is 67.9 Å². The van der Waals surface area contributed by atoms with Crippen LogP contribution in [0, 0.1) is 0 Å². The lowest BCUT2D eigenvalue weighted by molar-refractivity contribution is -0.125. The van der Waals surface area contributed by atoms with Crippen LogP contribution in [0.15, 0.2) is 46.9 Å². The van der Waals surface area contributed by atoms with Gasteiger partial charge in [0.25, 0.3) is 0 Å². The van der Waals surface area contributed by atoms with Gasteiger partial charge in [0.05, 0.1) is 20.3 Å². The van der Waals surface area contributed by atoms with Crippen molar-refractivity contribution in [3.8, 4) is 5.75 Å². The molecule has 29 heavy (non-hydrogen) atoms. The van der Waals surface area contributed by atoms with Gasteiger partial charge >= 0.3 is 5.97 Å². The number of benzene rings is 2. The van der Waals surface area contributed by atoms with Gasteiger partial charge in [-0.25, -0.2) is 4.79 Å². The van der Waals surface area contributed by atoms with E-state index in [4.69, 9.17) is 9.47 Å². The van der Waals surface area contributed by atoms with Crippen LogP contribution in [0.5, 0.6) is 5.75 Å². The maximum absolute atomic E-state index is 12.8. The summed E-state index contributed by atoms with van der Waals surface area (Å²) in [5.41, 5.74) is 2.41. The van der Waals surface area contributed by atoms with Crippen molar-refractivity contribution < 1.29 is 19.1 Å². The number of hydrogen-bond acceptors (Lipinski definition) is 5. The Bertz CT molecular complexity index is 887. The first-order valence-corrected chi connectivity index (χ1v) is 10.3. The molecule has 0 spiro atoms. The number of esters is 1. The monoisotopic (exact) mass is 460 g/mol. The fourth-order valence-corrected chi connectivity index (χ4v) is 4.06. The smallest absolute Gasteiger partial charge is 0.341 e. The Morgan fingerprint density at radius 3 is 2.72 bits per heavy atom. The fourth-order valence-electron chi connectivity index (χ4n) is 3.61. The molecule has 1 amide bonds. The minimum absolute atomic E-state index is 0.0218. The van der Waals surface area contributed by atoms with E-state index in [1.165, 1.54) is 19.8 Å². The lowest BCUT2D eigenvalue weighted by atomic mass is 10.1. The van der Waals surface area contributed by atoms with E-state index in [1.54, 1.807) is 18.2 Å². The summed E-state index contributed by atoms with van der Waals surface area (Å²) in [6.07, 6.45) is 1.86. The first-order valence-electron chi connectivity index (χ1n) is 9.53. The van der Waals surface area contributed by atoms with Crippen molar-refractivity contribution in [1.82, 2.24) is 10.2 Å². The largest absolute Gasteiger partial charge is 0.496 e. The summed E-state index contributed by atoms with van der Waals surface area (Å²) in [4.78, 5) is 26.8. The normalized spacial score (nSPS) is 16.4. The van der Waals surface area contributed by atoms with E-state index in [0.717, 1.165) is 36.0 Å². The van der Waals surface area contributed by atoms with E-state index in [0.29, 0.717) is 17.9 Å². The molecule has 1 aliphatic rings. The van der Waals surface area contributed by atoms with Crippen molar-refractivity contribution in [3.05, 3.63) is 63.6 Å². The van der Waals surface area contributed by atoms with Crippen LogP contribution < -0.4 is 10.1 Å². The molecule has 1 N–H and O–H groups in total. The number of likely N-dealkylation sites (tertiary alicyclic amines) is 1. The molecule has 1 aliphatic heterocycles. The summed E-state index contributed by atoms with van der Waals surface area (Å²) in [5, 5.41) is 3.02. The second kappa shape index (κ2) is 9.89. The first-order chi connectivity index (χ1) is 14.0. The Kier molecular flexibility index (Phi) is 7.28. The number of amides is 1. The minimum Gasteiger partial charge on any atom is -0.496 e. The molecule has 0 bridgehead atoms. The number of methoxy groups -OCH3 is 2. The Morgan fingerprint density at radius 2 is 2.00 bits per heavy atom. The number of carbonyl (C=O) groups is 2. The molecular formula is C22H25BrN2O4. The predicted molar refractivity (Wildman–Crippen MR) is 114 cm³/mol. The van der Waals surface area contributed by atoms with Gasteiger partial charge in [-0.15, -0.1) is 0 Å². The van der Waals surface area contributed by atoms with Gasteiger partial charge in [-0.3, -0.25) is 9.69 Å². The second-order valence-corrected chi connectivity index (χ2v) is 7.92. The summed E-state index contributed by atoms with van der Waals surface area (Å²) in [5.74, 6) is 0.000774. The van der Waals surface area contributed by atoms with Gasteiger partial charge in [0.15, 0.2) is 0 Å². The Balaban J connectivity index is 1.61.